The van der Waals surface area contributed by atoms with E-state index in [-0.39, 0.29) is 11.9 Å². The van der Waals surface area contributed by atoms with E-state index in [2.05, 4.69) is 34.9 Å². The van der Waals surface area contributed by atoms with E-state index in [1.807, 2.05) is 6.07 Å². The van der Waals surface area contributed by atoms with Gasteiger partial charge in [0.25, 0.3) is 0 Å². The zero-order valence-corrected chi connectivity index (χ0v) is 14.7. The average molecular weight is 352 g/mol. The molecule has 0 radical (unpaired) electrons. The van der Waals surface area contributed by atoms with Crippen LogP contribution in [0.25, 0.3) is 4.96 Å². The molecule has 23 heavy (non-hydrogen) atoms. The minimum absolute atomic E-state index is 0.0570. The van der Waals surface area contributed by atoms with Crippen molar-refractivity contribution in [2.45, 2.75) is 36.4 Å². The molecule has 122 valence electrons. The van der Waals surface area contributed by atoms with E-state index in [1.54, 1.807) is 16.6 Å². The zero-order valence-electron chi connectivity index (χ0n) is 13.1. The van der Waals surface area contributed by atoms with Crippen molar-refractivity contribution in [1.29, 1.82) is 0 Å². The maximum atomic E-state index is 13.7. The topological polar surface area (TPSA) is 70.7 Å². The van der Waals surface area contributed by atoms with E-state index in [4.69, 9.17) is 0 Å². The summed E-state index contributed by atoms with van der Waals surface area (Å²) in [7, 11) is 0. The summed E-state index contributed by atoms with van der Waals surface area (Å²) in [5.74, 6) is 1.57. The Morgan fingerprint density at radius 3 is 2.87 bits per heavy atom. The van der Waals surface area contributed by atoms with Gasteiger partial charge >= 0.3 is 0 Å². The summed E-state index contributed by atoms with van der Waals surface area (Å²) in [6.45, 7) is 4.29. The maximum absolute atomic E-state index is 13.7. The molecule has 2 aromatic heterocycles. The first-order valence-electron chi connectivity index (χ1n) is 7.51. The van der Waals surface area contributed by atoms with E-state index >= 15 is 0 Å². The van der Waals surface area contributed by atoms with Crippen LogP contribution in [-0.4, -0.2) is 19.8 Å². The molecule has 0 saturated heterocycles. The van der Waals surface area contributed by atoms with Crippen LogP contribution in [0.3, 0.4) is 0 Å². The predicted molar refractivity (Wildman–Crippen MR) is 89.7 cm³/mol. The molecule has 3 aromatic rings. The summed E-state index contributed by atoms with van der Waals surface area (Å²) in [5.41, 5.74) is 4.88. The van der Waals surface area contributed by atoms with Gasteiger partial charge in [-0.3, -0.25) is 0 Å². The highest BCUT2D eigenvalue weighted by Gasteiger charge is 2.24. The number of quaternary nitrogens is 1. The molecule has 0 aliphatic rings. The van der Waals surface area contributed by atoms with Gasteiger partial charge in [-0.2, -0.15) is 4.52 Å². The van der Waals surface area contributed by atoms with Crippen LogP contribution in [0, 0.1) is 11.7 Å². The monoisotopic (exact) mass is 352 g/mol. The number of aromatic nitrogens is 4. The first-order chi connectivity index (χ1) is 11.1. The Balaban J connectivity index is 1.78. The fourth-order valence-corrected chi connectivity index (χ4v) is 4.07. The third kappa shape index (κ3) is 3.39. The van der Waals surface area contributed by atoms with Gasteiger partial charge in [0, 0.05) is 11.7 Å². The molecule has 0 aliphatic carbocycles. The molecular formula is C15H19FN5S2+. The van der Waals surface area contributed by atoms with E-state index in [0.29, 0.717) is 17.2 Å². The van der Waals surface area contributed by atoms with Crippen molar-refractivity contribution in [3.8, 4) is 0 Å². The number of hydrogen-bond donors (Lipinski definition) is 1. The molecule has 8 heteroatoms. The number of fused-ring (bicyclic) bond motifs is 1. The highest BCUT2D eigenvalue weighted by atomic mass is 32.2. The van der Waals surface area contributed by atoms with Crippen molar-refractivity contribution in [2.75, 3.05) is 0 Å². The largest absolute Gasteiger partial charge is 0.348 e. The second-order valence-corrected chi connectivity index (χ2v) is 7.67. The van der Waals surface area contributed by atoms with Crippen molar-refractivity contribution in [3.63, 3.8) is 0 Å². The lowest BCUT2D eigenvalue weighted by atomic mass is 10.00. The second kappa shape index (κ2) is 6.94. The standard InChI is InChI=1S/C15H18FN5S2/c1-3-9(2)12(17)13-18-19-14-21(13)20-15(23-14)22-8-10-6-4-5-7-11(10)16/h4-7,9,12H,3,8,17H2,1-2H3/p+1/t9-,12-/m0/s1. The molecular weight excluding hydrogens is 333 g/mol. The van der Waals surface area contributed by atoms with Gasteiger partial charge in [0.2, 0.25) is 10.8 Å². The third-order valence-corrected chi connectivity index (χ3v) is 6.05. The molecule has 5 nitrogen and oxygen atoms in total. The van der Waals surface area contributed by atoms with Crippen LogP contribution in [0.2, 0.25) is 0 Å². The second-order valence-electron chi connectivity index (χ2n) is 5.49. The van der Waals surface area contributed by atoms with Gasteiger partial charge < -0.3 is 5.73 Å². The Morgan fingerprint density at radius 2 is 2.13 bits per heavy atom. The highest BCUT2D eigenvalue weighted by molar-refractivity contribution is 8.00. The Kier molecular flexibility index (Phi) is 4.93. The average Bonchev–Trinajstić information content (AvgIpc) is 3.12. The molecule has 0 fully saturated rings. The molecule has 0 aliphatic heterocycles. The summed E-state index contributed by atoms with van der Waals surface area (Å²) < 4.78 is 16.3. The molecule has 0 amide bonds. The van der Waals surface area contributed by atoms with E-state index in [1.165, 1.54) is 29.2 Å². The third-order valence-electron chi connectivity index (χ3n) is 3.97. The van der Waals surface area contributed by atoms with Gasteiger partial charge in [0.1, 0.15) is 11.9 Å². The predicted octanol–water partition coefficient (Wildman–Crippen LogP) is 2.95. The Labute approximate surface area is 142 Å². The van der Waals surface area contributed by atoms with E-state index < -0.39 is 0 Å². The van der Waals surface area contributed by atoms with Crippen LogP contribution in [0.4, 0.5) is 4.39 Å². The molecule has 3 N–H and O–H groups in total. The number of rotatable bonds is 6. The molecule has 3 rings (SSSR count). The van der Waals surface area contributed by atoms with Crippen molar-refractivity contribution in [1.82, 2.24) is 19.8 Å². The van der Waals surface area contributed by atoms with Crippen LogP contribution in [-0.2, 0) is 5.75 Å². The van der Waals surface area contributed by atoms with Gasteiger partial charge in [-0.25, -0.2) is 4.39 Å². The Hall–Kier alpha value is -1.51. The van der Waals surface area contributed by atoms with Crippen LogP contribution in [0.1, 0.15) is 37.7 Å². The fraction of sp³-hybridized carbons (Fsp3) is 0.400. The Morgan fingerprint density at radius 1 is 1.35 bits per heavy atom. The lowest BCUT2D eigenvalue weighted by Gasteiger charge is -2.11. The lowest BCUT2D eigenvalue weighted by molar-refractivity contribution is -0.441. The molecule has 2 atom stereocenters. The van der Waals surface area contributed by atoms with Gasteiger partial charge in [-0.05, 0) is 18.1 Å². The highest BCUT2D eigenvalue weighted by Crippen LogP contribution is 2.29. The van der Waals surface area contributed by atoms with Crippen molar-refractivity contribution < 1.29 is 10.1 Å². The number of hydrogen-bond acceptors (Lipinski definition) is 5. The summed E-state index contributed by atoms with van der Waals surface area (Å²) in [6, 6.07) is 6.87. The first kappa shape index (κ1) is 16.4. The fourth-order valence-electron chi connectivity index (χ4n) is 2.20. The smallest absolute Gasteiger partial charge is 0.235 e. The molecule has 1 aromatic carbocycles. The molecule has 0 unspecified atom stereocenters. The summed E-state index contributed by atoms with van der Waals surface area (Å²) in [5, 5.41) is 13.0. The molecule has 0 saturated carbocycles. The van der Waals surface area contributed by atoms with E-state index in [9.17, 15) is 4.39 Å². The van der Waals surface area contributed by atoms with Crippen LogP contribution < -0.4 is 5.73 Å². The number of benzene rings is 1. The molecule has 0 spiro atoms. The van der Waals surface area contributed by atoms with Gasteiger partial charge in [-0.15, -0.1) is 15.3 Å². The van der Waals surface area contributed by atoms with Gasteiger partial charge in [0.05, 0.1) is 0 Å². The van der Waals surface area contributed by atoms with E-state index in [0.717, 1.165) is 21.5 Å². The normalized spacial score (nSPS) is 14.3. The quantitative estimate of drug-likeness (QED) is 0.693. The summed E-state index contributed by atoms with van der Waals surface area (Å²) >= 11 is 2.98. The minimum atomic E-state index is -0.182. The summed E-state index contributed by atoms with van der Waals surface area (Å²) in [4.78, 5) is 0.757. The van der Waals surface area contributed by atoms with Crippen molar-refractivity contribution in [3.05, 3.63) is 41.5 Å². The van der Waals surface area contributed by atoms with Gasteiger partial charge in [-0.1, -0.05) is 55.1 Å². The number of thioether (sulfide) groups is 1. The van der Waals surface area contributed by atoms with Crippen molar-refractivity contribution >= 4 is 28.1 Å². The maximum Gasteiger partial charge on any atom is 0.235 e. The molecule has 2 heterocycles. The minimum Gasteiger partial charge on any atom is -0.348 e. The van der Waals surface area contributed by atoms with Gasteiger partial charge in [0.15, 0.2) is 4.34 Å². The number of nitrogens with zero attached hydrogens (tertiary/aromatic N) is 4. The summed E-state index contributed by atoms with van der Waals surface area (Å²) in [6.07, 6.45) is 1.03. The lowest BCUT2D eigenvalue weighted by Crippen LogP contribution is -2.57. The van der Waals surface area contributed by atoms with Crippen LogP contribution in [0.5, 0.6) is 0 Å². The SMILES string of the molecule is CC[C@H](C)[C@H]([NH3+])c1nnc2sc(SCc3ccccc3F)nn12. The number of halogens is 1. The molecule has 0 bridgehead atoms. The zero-order chi connectivity index (χ0) is 16.4. The van der Waals surface area contributed by atoms with Crippen LogP contribution >= 0.6 is 23.1 Å². The van der Waals surface area contributed by atoms with Crippen LogP contribution in [0.15, 0.2) is 28.6 Å². The Bertz CT molecular complexity index is 800. The first-order valence-corrected chi connectivity index (χ1v) is 9.31. The van der Waals surface area contributed by atoms with Crippen molar-refractivity contribution in [2.24, 2.45) is 5.92 Å².